The first-order chi connectivity index (χ1) is 9.63. The maximum atomic E-state index is 12.0. The van der Waals surface area contributed by atoms with Crippen LogP contribution < -0.4 is 10.6 Å². The molecule has 2 rings (SSSR count). The zero-order valence-corrected chi connectivity index (χ0v) is 11.9. The summed E-state index contributed by atoms with van der Waals surface area (Å²) in [5.41, 5.74) is 1.45. The van der Waals surface area contributed by atoms with Crippen LogP contribution in [0.1, 0.15) is 37.7 Å². The highest BCUT2D eigenvalue weighted by Gasteiger charge is 2.33. The van der Waals surface area contributed by atoms with Crippen LogP contribution in [0.3, 0.4) is 0 Å². The first-order valence-electron chi connectivity index (χ1n) is 7.16. The molecule has 0 heterocycles. The lowest BCUT2D eigenvalue weighted by Crippen LogP contribution is -2.50. The van der Waals surface area contributed by atoms with Crippen LogP contribution in [0.25, 0.3) is 0 Å². The molecule has 1 amide bonds. The Balaban J connectivity index is 1.85. The predicted molar refractivity (Wildman–Crippen MR) is 79.2 cm³/mol. The minimum atomic E-state index is -0.649. The zero-order chi connectivity index (χ0) is 14.4. The van der Waals surface area contributed by atoms with E-state index >= 15 is 0 Å². The number of hydrogen-bond acceptors (Lipinski definition) is 3. The van der Waals surface area contributed by atoms with Crippen molar-refractivity contribution in [2.45, 2.75) is 44.6 Å². The fraction of sp³-hybridized carbons (Fsp3) is 0.500. The molecule has 4 heteroatoms. The van der Waals surface area contributed by atoms with E-state index in [4.69, 9.17) is 0 Å². The molecule has 1 aromatic rings. The van der Waals surface area contributed by atoms with Crippen LogP contribution in [0.2, 0.25) is 0 Å². The Kier molecular flexibility index (Phi) is 4.62. The van der Waals surface area contributed by atoms with Crippen LogP contribution in [0.5, 0.6) is 0 Å². The van der Waals surface area contributed by atoms with Gasteiger partial charge in [-0.2, -0.15) is 5.26 Å². The molecule has 4 nitrogen and oxygen atoms in total. The molecule has 0 aromatic heterocycles. The number of benzene rings is 1. The predicted octanol–water partition coefficient (Wildman–Crippen LogP) is 2.75. The number of aryl methyl sites for hydroxylation is 1. The first-order valence-corrected chi connectivity index (χ1v) is 7.16. The van der Waals surface area contributed by atoms with Crippen molar-refractivity contribution in [3.63, 3.8) is 0 Å². The largest absolute Gasteiger partial charge is 0.376 e. The normalized spacial score (nSPS) is 17.0. The van der Waals surface area contributed by atoms with E-state index in [0.717, 1.165) is 37.8 Å². The Morgan fingerprint density at radius 2 is 1.90 bits per heavy atom. The maximum Gasteiger partial charge on any atom is 0.240 e. The summed E-state index contributed by atoms with van der Waals surface area (Å²) < 4.78 is 0. The molecule has 1 aromatic carbocycles. The summed E-state index contributed by atoms with van der Waals surface area (Å²) in [5, 5.41) is 15.3. The molecular formula is C16H21N3O. The van der Waals surface area contributed by atoms with Crippen LogP contribution in [-0.2, 0) is 4.79 Å². The Morgan fingerprint density at radius 1 is 1.25 bits per heavy atom. The third-order valence-electron chi connectivity index (χ3n) is 3.80. The quantitative estimate of drug-likeness (QED) is 0.885. The molecule has 1 fully saturated rings. The minimum Gasteiger partial charge on any atom is -0.376 e. The fourth-order valence-electron chi connectivity index (χ4n) is 2.58. The summed E-state index contributed by atoms with van der Waals surface area (Å²) in [6.45, 7) is 2.22. The highest BCUT2D eigenvalue weighted by molar-refractivity contribution is 5.81. The van der Waals surface area contributed by atoms with Crippen molar-refractivity contribution in [2.75, 3.05) is 11.9 Å². The number of nitrogens with one attached hydrogen (secondary N) is 2. The van der Waals surface area contributed by atoms with Gasteiger partial charge < -0.3 is 10.6 Å². The summed E-state index contributed by atoms with van der Waals surface area (Å²) in [7, 11) is 0. The maximum absolute atomic E-state index is 12.0. The Labute approximate surface area is 120 Å². The highest BCUT2D eigenvalue weighted by Crippen LogP contribution is 2.27. The molecule has 1 aliphatic rings. The second-order valence-electron chi connectivity index (χ2n) is 5.52. The minimum absolute atomic E-state index is 0.117. The smallest absolute Gasteiger partial charge is 0.240 e. The van der Waals surface area contributed by atoms with Gasteiger partial charge in [0.05, 0.1) is 12.6 Å². The zero-order valence-electron chi connectivity index (χ0n) is 11.9. The molecule has 0 atom stereocenters. The van der Waals surface area contributed by atoms with Crippen molar-refractivity contribution in [3.8, 4) is 6.07 Å². The van der Waals surface area contributed by atoms with Gasteiger partial charge in [-0.3, -0.25) is 4.79 Å². The second kappa shape index (κ2) is 6.42. The van der Waals surface area contributed by atoms with Gasteiger partial charge in [-0.1, -0.05) is 37.0 Å². The topological polar surface area (TPSA) is 64.9 Å². The number of amides is 1. The van der Waals surface area contributed by atoms with Crippen molar-refractivity contribution in [1.82, 2.24) is 5.32 Å². The Hall–Kier alpha value is -2.02. The van der Waals surface area contributed by atoms with Crippen LogP contribution in [-0.4, -0.2) is 18.0 Å². The number of rotatable bonds is 4. The molecule has 20 heavy (non-hydrogen) atoms. The SMILES string of the molecule is Cc1ccc(NCC(=O)NC2(C#N)CCCCC2)cc1. The summed E-state index contributed by atoms with van der Waals surface area (Å²) >= 11 is 0. The first kappa shape index (κ1) is 14.4. The van der Waals surface area contributed by atoms with Crippen molar-refractivity contribution >= 4 is 11.6 Å². The lowest BCUT2D eigenvalue weighted by molar-refractivity contribution is -0.121. The number of hydrogen-bond donors (Lipinski definition) is 2. The molecule has 2 N–H and O–H groups in total. The third-order valence-corrected chi connectivity index (χ3v) is 3.80. The molecule has 0 bridgehead atoms. The van der Waals surface area contributed by atoms with Gasteiger partial charge in [-0.25, -0.2) is 0 Å². The van der Waals surface area contributed by atoms with Crippen LogP contribution >= 0.6 is 0 Å². The monoisotopic (exact) mass is 271 g/mol. The molecule has 0 aliphatic heterocycles. The Morgan fingerprint density at radius 3 is 2.50 bits per heavy atom. The van der Waals surface area contributed by atoms with E-state index in [-0.39, 0.29) is 12.5 Å². The van der Waals surface area contributed by atoms with Gasteiger partial charge in [0.25, 0.3) is 0 Å². The molecule has 1 saturated carbocycles. The lowest BCUT2D eigenvalue weighted by atomic mass is 9.83. The Bertz CT molecular complexity index is 495. The summed E-state index contributed by atoms with van der Waals surface area (Å²) in [4.78, 5) is 12.0. The van der Waals surface area contributed by atoms with Crippen LogP contribution in [0, 0.1) is 18.3 Å². The van der Waals surface area contributed by atoms with E-state index in [2.05, 4.69) is 16.7 Å². The standard InChI is InChI=1S/C16H21N3O/c1-13-5-7-14(8-6-13)18-11-15(20)19-16(12-17)9-3-2-4-10-16/h5-8,18H,2-4,9-11H2,1H3,(H,19,20). The number of carbonyl (C=O) groups is 1. The van der Waals surface area contributed by atoms with Crippen molar-refractivity contribution in [2.24, 2.45) is 0 Å². The summed E-state index contributed by atoms with van der Waals surface area (Å²) in [5.74, 6) is -0.117. The number of carbonyl (C=O) groups excluding carboxylic acids is 1. The van der Waals surface area contributed by atoms with Gasteiger partial charge >= 0.3 is 0 Å². The van der Waals surface area contributed by atoms with Crippen molar-refractivity contribution in [3.05, 3.63) is 29.8 Å². The van der Waals surface area contributed by atoms with Crippen molar-refractivity contribution in [1.29, 1.82) is 5.26 Å². The number of nitriles is 1. The van der Waals surface area contributed by atoms with E-state index in [1.165, 1.54) is 5.56 Å². The van der Waals surface area contributed by atoms with Crippen molar-refractivity contribution < 1.29 is 4.79 Å². The molecule has 106 valence electrons. The van der Waals surface area contributed by atoms with Gasteiger partial charge in [-0.05, 0) is 31.9 Å². The van der Waals surface area contributed by atoms with Gasteiger partial charge in [0, 0.05) is 5.69 Å². The van der Waals surface area contributed by atoms with Gasteiger partial charge in [0.1, 0.15) is 5.54 Å². The van der Waals surface area contributed by atoms with Crippen LogP contribution in [0.15, 0.2) is 24.3 Å². The molecule has 1 aliphatic carbocycles. The van der Waals surface area contributed by atoms with E-state index in [0.29, 0.717) is 0 Å². The summed E-state index contributed by atoms with van der Waals surface area (Å²) in [6.07, 6.45) is 4.71. The van der Waals surface area contributed by atoms with E-state index < -0.39 is 5.54 Å². The number of anilines is 1. The highest BCUT2D eigenvalue weighted by atomic mass is 16.2. The van der Waals surface area contributed by atoms with Gasteiger partial charge in [0.2, 0.25) is 5.91 Å². The molecule has 0 saturated heterocycles. The van der Waals surface area contributed by atoms with Crippen LogP contribution in [0.4, 0.5) is 5.69 Å². The van der Waals surface area contributed by atoms with E-state index in [1.54, 1.807) is 0 Å². The average Bonchev–Trinajstić information content (AvgIpc) is 2.47. The molecule has 0 radical (unpaired) electrons. The van der Waals surface area contributed by atoms with E-state index in [1.807, 2.05) is 31.2 Å². The molecule has 0 unspecified atom stereocenters. The van der Waals surface area contributed by atoms with Gasteiger partial charge in [-0.15, -0.1) is 0 Å². The van der Waals surface area contributed by atoms with E-state index in [9.17, 15) is 10.1 Å². The van der Waals surface area contributed by atoms with Gasteiger partial charge in [0.15, 0.2) is 0 Å². The summed E-state index contributed by atoms with van der Waals surface area (Å²) in [6, 6.07) is 10.2. The number of nitrogens with zero attached hydrogens (tertiary/aromatic N) is 1. The lowest BCUT2D eigenvalue weighted by Gasteiger charge is -2.31. The fourth-order valence-corrected chi connectivity index (χ4v) is 2.58. The second-order valence-corrected chi connectivity index (χ2v) is 5.52. The molecule has 0 spiro atoms. The molecular weight excluding hydrogens is 250 g/mol. The third kappa shape index (κ3) is 3.74. The average molecular weight is 271 g/mol.